The van der Waals surface area contributed by atoms with Gasteiger partial charge in [-0.15, -0.1) is 0 Å². The second kappa shape index (κ2) is 5.72. The van der Waals surface area contributed by atoms with Crippen LogP contribution in [0.5, 0.6) is 0 Å². The molecule has 1 heterocycles. The maximum absolute atomic E-state index is 12.5. The van der Waals surface area contributed by atoms with E-state index in [4.69, 9.17) is 4.74 Å². The van der Waals surface area contributed by atoms with E-state index < -0.39 is 5.54 Å². The Morgan fingerprint density at radius 3 is 2.70 bits per heavy atom. The zero-order valence-electron chi connectivity index (χ0n) is 12.0. The highest BCUT2D eigenvalue weighted by Gasteiger charge is 2.47. The summed E-state index contributed by atoms with van der Waals surface area (Å²) in [6.45, 7) is 2.40. The van der Waals surface area contributed by atoms with Crippen LogP contribution in [0.1, 0.15) is 44.9 Å². The number of amides is 2. The molecule has 112 valence electrons. The van der Waals surface area contributed by atoms with Gasteiger partial charge in [-0.25, -0.2) is 0 Å². The molecule has 2 aliphatic carbocycles. The summed E-state index contributed by atoms with van der Waals surface area (Å²) in [5.41, 5.74) is -0.579. The van der Waals surface area contributed by atoms with Crippen LogP contribution in [-0.2, 0) is 14.3 Å². The third kappa shape index (κ3) is 2.97. The number of piperazine rings is 1. The number of nitrogens with zero attached hydrogens (tertiary/aromatic N) is 1. The summed E-state index contributed by atoms with van der Waals surface area (Å²) in [6, 6.07) is 0. The lowest BCUT2D eigenvalue weighted by atomic mass is 9.93. The van der Waals surface area contributed by atoms with Gasteiger partial charge in [-0.1, -0.05) is 12.8 Å². The molecule has 2 saturated carbocycles. The first kappa shape index (κ1) is 13.9. The van der Waals surface area contributed by atoms with Crippen LogP contribution in [0.2, 0.25) is 0 Å². The van der Waals surface area contributed by atoms with E-state index in [-0.39, 0.29) is 18.4 Å². The Balaban J connectivity index is 1.46. The number of rotatable bonds is 6. The first-order chi connectivity index (χ1) is 9.70. The molecule has 3 fully saturated rings. The van der Waals surface area contributed by atoms with Gasteiger partial charge in [-0.2, -0.15) is 0 Å². The molecule has 1 aliphatic heterocycles. The number of hydrogen-bond donors (Lipinski definition) is 1. The van der Waals surface area contributed by atoms with E-state index in [0.29, 0.717) is 13.2 Å². The first-order valence-corrected chi connectivity index (χ1v) is 7.88. The quantitative estimate of drug-likeness (QED) is 0.741. The van der Waals surface area contributed by atoms with Crippen LogP contribution < -0.4 is 5.32 Å². The van der Waals surface area contributed by atoms with Gasteiger partial charge in [0.05, 0.1) is 6.54 Å². The molecule has 0 aromatic rings. The summed E-state index contributed by atoms with van der Waals surface area (Å²) < 4.78 is 5.59. The number of ether oxygens (including phenoxy) is 1. The fourth-order valence-electron chi connectivity index (χ4n) is 3.30. The lowest BCUT2D eigenvalue weighted by molar-refractivity contribution is -0.149. The van der Waals surface area contributed by atoms with E-state index >= 15 is 0 Å². The van der Waals surface area contributed by atoms with Gasteiger partial charge in [0.15, 0.2) is 0 Å². The highest BCUT2D eigenvalue weighted by Crippen LogP contribution is 2.33. The minimum absolute atomic E-state index is 0.00889. The van der Waals surface area contributed by atoms with E-state index in [0.717, 1.165) is 44.6 Å². The van der Waals surface area contributed by atoms with Gasteiger partial charge < -0.3 is 15.0 Å². The number of carbonyl (C=O) groups is 2. The zero-order chi connectivity index (χ0) is 14.0. The fourth-order valence-corrected chi connectivity index (χ4v) is 3.30. The molecule has 3 rings (SSSR count). The molecule has 0 radical (unpaired) electrons. The molecule has 5 nitrogen and oxygen atoms in total. The number of carbonyl (C=O) groups excluding carboxylic acids is 2. The minimum atomic E-state index is -0.579. The average Bonchev–Trinajstić information content (AvgIpc) is 3.13. The Kier molecular flexibility index (Phi) is 3.96. The summed E-state index contributed by atoms with van der Waals surface area (Å²) in [5, 5.41) is 2.93. The second-order valence-electron chi connectivity index (χ2n) is 6.44. The third-order valence-electron chi connectivity index (χ3n) is 4.63. The summed E-state index contributed by atoms with van der Waals surface area (Å²) >= 11 is 0. The molecule has 20 heavy (non-hydrogen) atoms. The van der Waals surface area contributed by atoms with Gasteiger partial charge in [0.25, 0.3) is 0 Å². The maximum Gasteiger partial charge on any atom is 0.248 e. The van der Waals surface area contributed by atoms with Gasteiger partial charge in [0.1, 0.15) is 5.54 Å². The predicted octanol–water partition coefficient (Wildman–Crippen LogP) is 1.07. The normalized spacial score (nSPS) is 25.3. The smallest absolute Gasteiger partial charge is 0.248 e. The number of nitrogens with one attached hydrogen (secondary N) is 1. The monoisotopic (exact) mass is 280 g/mol. The highest BCUT2D eigenvalue weighted by molar-refractivity contribution is 5.98. The lowest BCUT2D eigenvalue weighted by Crippen LogP contribution is -2.65. The topological polar surface area (TPSA) is 58.6 Å². The molecule has 0 bridgehead atoms. The van der Waals surface area contributed by atoms with Crippen molar-refractivity contribution in [3.63, 3.8) is 0 Å². The summed E-state index contributed by atoms with van der Waals surface area (Å²) in [5.74, 6) is 0.890. The van der Waals surface area contributed by atoms with Crippen molar-refractivity contribution >= 4 is 11.8 Å². The molecule has 1 N–H and O–H groups in total. The molecule has 1 spiro atoms. The van der Waals surface area contributed by atoms with E-state index in [1.165, 1.54) is 12.8 Å². The van der Waals surface area contributed by atoms with Crippen LogP contribution in [0.3, 0.4) is 0 Å². The summed E-state index contributed by atoms with van der Waals surface area (Å²) in [7, 11) is 0. The third-order valence-corrected chi connectivity index (χ3v) is 4.63. The fraction of sp³-hybridized carbons (Fsp3) is 0.867. The largest absolute Gasteiger partial charge is 0.381 e. The average molecular weight is 280 g/mol. The maximum atomic E-state index is 12.5. The van der Waals surface area contributed by atoms with E-state index in [9.17, 15) is 9.59 Å². The molecule has 0 atom stereocenters. The van der Waals surface area contributed by atoms with Gasteiger partial charge in [0.2, 0.25) is 11.8 Å². The van der Waals surface area contributed by atoms with Crippen molar-refractivity contribution in [2.75, 3.05) is 26.3 Å². The van der Waals surface area contributed by atoms with Crippen LogP contribution in [0.4, 0.5) is 0 Å². The van der Waals surface area contributed by atoms with Crippen LogP contribution in [-0.4, -0.2) is 48.6 Å². The Labute approximate surface area is 120 Å². The standard InChI is InChI=1S/C15H24N2O3/c18-13-10-17(8-3-9-20-11-12-4-5-12)14(19)15(16-13)6-1-2-7-15/h12H,1-11H2,(H,16,18). The molecular weight excluding hydrogens is 256 g/mol. The van der Waals surface area contributed by atoms with E-state index in [2.05, 4.69) is 5.32 Å². The van der Waals surface area contributed by atoms with Crippen molar-refractivity contribution in [2.24, 2.45) is 5.92 Å². The van der Waals surface area contributed by atoms with Crippen LogP contribution >= 0.6 is 0 Å². The van der Waals surface area contributed by atoms with Crippen LogP contribution in [0.15, 0.2) is 0 Å². The lowest BCUT2D eigenvalue weighted by Gasteiger charge is -2.39. The van der Waals surface area contributed by atoms with Crippen LogP contribution in [0.25, 0.3) is 0 Å². The van der Waals surface area contributed by atoms with E-state index in [1.807, 2.05) is 0 Å². The van der Waals surface area contributed by atoms with Crippen molar-refractivity contribution in [3.8, 4) is 0 Å². The van der Waals surface area contributed by atoms with Crippen molar-refractivity contribution < 1.29 is 14.3 Å². The second-order valence-corrected chi connectivity index (χ2v) is 6.44. The Bertz CT molecular complexity index is 387. The molecule has 2 amide bonds. The molecule has 5 heteroatoms. The molecule has 0 aromatic heterocycles. The van der Waals surface area contributed by atoms with Gasteiger partial charge >= 0.3 is 0 Å². The summed E-state index contributed by atoms with van der Waals surface area (Å²) in [6.07, 6.45) is 7.08. The van der Waals surface area contributed by atoms with Crippen LogP contribution in [0, 0.1) is 5.92 Å². The van der Waals surface area contributed by atoms with Gasteiger partial charge in [-0.3, -0.25) is 9.59 Å². The van der Waals surface area contributed by atoms with Crippen molar-refractivity contribution in [2.45, 2.75) is 50.5 Å². The molecule has 0 unspecified atom stereocenters. The minimum Gasteiger partial charge on any atom is -0.381 e. The Hall–Kier alpha value is -1.10. The summed E-state index contributed by atoms with van der Waals surface area (Å²) in [4.78, 5) is 26.1. The van der Waals surface area contributed by atoms with E-state index in [1.54, 1.807) is 4.90 Å². The molecule has 3 aliphatic rings. The van der Waals surface area contributed by atoms with Gasteiger partial charge in [-0.05, 0) is 38.0 Å². The number of hydrogen-bond acceptors (Lipinski definition) is 3. The Morgan fingerprint density at radius 2 is 2.00 bits per heavy atom. The molecular formula is C15H24N2O3. The Morgan fingerprint density at radius 1 is 1.25 bits per heavy atom. The van der Waals surface area contributed by atoms with Crippen molar-refractivity contribution in [1.29, 1.82) is 0 Å². The zero-order valence-corrected chi connectivity index (χ0v) is 12.0. The molecule has 0 aromatic carbocycles. The van der Waals surface area contributed by atoms with Crippen molar-refractivity contribution in [1.82, 2.24) is 10.2 Å². The van der Waals surface area contributed by atoms with Crippen molar-refractivity contribution in [3.05, 3.63) is 0 Å². The SMILES string of the molecule is O=C1CN(CCCOCC2CC2)C(=O)C2(CCCC2)N1. The van der Waals surface area contributed by atoms with Gasteiger partial charge in [0, 0.05) is 19.8 Å². The molecule has 1 saturated heterocycles. The first-order valence-electron chi connectivity index (χ1n) is 7.88. The highest BCUT2D eigenvalue weighted by atomic mass is 16.5. The predicted molar refractivity (Wildman–Crippen MR) is 74.1 cm³/mol.